The van der Waals surface area contributed by atoms with Crippen LogP contribution >= 0.6 is 0 Å². The molecular formula is C26H44O5. The minimum Gasteiger partial charge on any atom is -0.381 e. The first kappa shape index (κ1) is 22.6. The van der Waals surface area contributed by atoms with E-state index in [1.165, 1.54) is 51.4 Å². The van der Waals surface area contributed by atoms with Crippen molar-refractivity contribution < 1.29 is 24.1 Å². The summed E-state index contributed by atoms with van der Waals surface area (Å²) in [4.78, 5) is 0. The van der Waals surface area contributed by atoms with Crippen LogP contribution in [0.25, 0.3) is 0 Å². The molecule has 0 aromatic rings. The van der Waals surface area contributed by atoms with Crippen LogP contribution in [0.1, 0.15) is 96.3 Å². The lowest BCUT2D eigenvalue weighted by Crippen LogP contribution is -2.77. The van der Waals surface area contributed by atoms with Gasteiger partial charge in [-0.05, 0) is 62.7 Å². The molecule has 5 atom stereocenters. The third-order valence-electron chi connectivity index (χ3n) is 9.92. The predicted molar refractivity (Wildman–Crippen MR) is 119 cm³/mol. The summed E-state index contributed by atoms with van der Waals surface area (Å²) in [6, 6.07) is 0. The number of methoxy groups -OCH3 is 2. The highest BCUT2D eigenvalue weighted by atomic mass is 16.7. The largest absolute Gasteiger partial charge is 0.381 e. The summed E-state index contributed by atoms with van der Waals surface area (Å²) in [5.74, 6) is 0.787. The Morgan fingerprint density at radius 1 is 0.710 bits per heavy atom. The summed E-state index contributed by atoms with van der Waals surface area (Å²) in [5.41, 5.74) is -2.53. The molecule has 3 saturated carbocycles. The second-order valence-corrected chi connectivity index (χ2v) is 11.0. The summed E-state index contributed by atoms with van der Waals surface area (Å²) in [6.45, 7) is 0.784. The van der Waals surface area contributed by atoms with Gasteiger partial charge in [0, 0.05) is 20.8 Å². The van der Waals surface area contributed by atoms with Crippen molar-refractivity contribution in [2.75, 3.05) is 20.8 Å². The fourth-order valence-electron chi connectivity index (χ4n) is 8.66. The Bertz CT molecular complexity index is 605. The first-order valence-corrected chi connectivity index (χ1v) is 13.2. The first-order valence-electron chi connectivity index (χ1n) is 13.2. The molecule has 2 heterocycles. The molecule has 5 heteroatoms. The van der Waals surface area contributed by atoms with E-state index in [2.05, 4.69) is 0 Å². The molecule has 0 spiro atoms. The maximum Gasteiger partial charge on any atom is 0.190 e. The lowest BCUT2D eigenvalue weighted by Gasteiger charge is -2.61. The minimum atomic E-state index is -1.13. The second kappa shape index (κ2) is 8.87. The Balaban J connectivity index is 1.70. The van der Waals surface area contributed by atoms with Gasteiger partial charge in [-0.1, -0.05) is 51.4 Å². The Kier molecular flexibility index (Phi) is 6.46. The van der Waals surface area contributed by atoms with E-state index in [9.17, 15) is 5.11 Å². The molecule has 2 saturated heterocycles. The van der Waals surface area contributed by atoms with Crippen molar-refractivity contribution in [3.05, 3.63) is 0 Å². The zero-order chi connectivity index (χ0) is 21.5. The molecular weight excluding hydrogens is 392 g/mol. The quantitative estimate of drug-likeness (QED) is 0.636. The molecule has 31 heavy (non-hydrogen) atoms. The highest BCUT2D eigenvalue weighted by Gasteiger charge is 2.82. The van der Waals surface area contributed by atoms with Gasteiger partial charge in [0.05, 0.1) is 6.10 Å². The maximum atomic E-state index is 12.9. The van der Waals surface area contributed by atoms with E-state index in [1.54, 1.807) is 7.11 Å². The smallest absolute Gasteiger partial charge is 0.190 e. The third-order valence-corrected chi connectivity index (χ3v) is 9.92. The molecule has 5 unspecified atom stereocenters. The number of rotatable bonds is 6. The van der Waals surface area contributed by atoms with Crippen LogP contribution in [0.15, 0.2) is 0 Å². The summed E-state index contributed by atoms with van der Waals surface area (Å²) >= 11 is 0. The van der Waals surface area contributed by atoms with E-state index < -0.39 is 23.1 Å². The number of ether oxygens (including phenoxy) is 4. The average Bonchev–Trinajstić information content (AvgIpc) is 3.39. The van der Waals surface area contributed by atoms with Crippen LogP contribution in [0.5, 0.6) is 0 Å². The Morgan fingerprint density at radius 2 is 1.23 bits per heavy atom. The summed E-state index contributed by atoms with van der Waals surface area (Å²) in [5, 5.41) is 12.9. The minimum absolute atomic E-state index is 0.00875. The molecule has 0 amide bonds. The average molecular weight is 437 g/mol. The van der Waals surface area contributed by atoms with Crippen molar-refractivity contribution in [1.82, 2.24) is 0 Å². The van der Waals surface area contributed by atoms with Gasteiger partial charge < -0.3 is 24.1 Å². The van der Waals surface area contributed by atoms with Crippen LogP contribution in [0, 0.1) is 17.8 Å². The second-order valence-electron chi connectivity index (χ2n) is 11.0. The van der Waals surface area contributed by atoms with Crippen LogP contribution in [-0.2, 0) is 18.9 Å². The summed E-state index contributed by atoms with van der Waals surface area (Å²) in [7, 11) is 3.57. The van der Waals surface area contributed by atoms with E-state index in [0.29, 0.717) is 5.92 Å². The topological polar surface area (TPSA) is 57.2 Å². The molecule has 5 rings (SSSR count). The Labute approximate surface area is 188 Å². The van der Waals surface area contributed by atoms with Gasteiger partial charge >= 0.3 is 0 Å². The molecule has 0 radical (unpaired) electrons. The van der Waals surface area contributed by atoms with Crippen molar-refractivity contribution in [2.45, 2.75) is 126 Å². The van der Waals surface area contributed by atoms with E-state index >= 15 is 0 Å². The number of aliphatic hydroxyl groups is 1. The van der Waals surface area contributed by atoms with E-state index in [4.69, 9.17) is 18.9 Å². The van der Waals surface area contributed by atoms with Gasteiger partial charge in [-0.3, -0.25) is 0 Å². The normalized spacial score (nSPS) is 45.8. The summed E-state index contributed by atoms with van der Waals surface area (Å²) < 4.78 is 26.2. The van der Waals surface area contributed by atoms with Gasteiger partial charge in [0.15, 0.2) is 11.9 Å². The molecule has 3 aliphatic carbocycles. The van der Waals surface area contributed by atoms with Gasteiger partial charge in [-0.15, -0.1) is 0 Å². The molecule has 5 fully saturated rings. The standard InChI is InChI=1S/C26H44O5/c1-28-23-24(27,19-11-9-10-12-19)26(29-2,21-15-7-4-8-16-21)25(31-23,22-17-18-30-22)20-13-5-3-6-14-20/h19-23,27H,3-18H2,1-2H3. The van der Waals surface area contributed by atoms with Gasteiger partial charge in [0.1, 0.15) is 11.2 Å². The lowest BCUT2D eigenvalue weighted by atomic mass is 9.52. The van der Waals surface area contributed by atoms with Crippen molar-refractivity contribution in [3.8, 4) is 0 Å². The zero-order valence-electron chi connectivity index (χ0n) is 19.8. The van der Waals surface area contributed by atoms with Crippen LogP contribution in [0.4, 0.5) is 0 Å². The van der Waals surface area contributed by atoms with Crippen LogP contribution in [-0.4, -0.2) is 55.1 Å². The van der Waals surface area contributed by atoms with Crippen LogP contribution < -0.4 is 0 Å². The van der Waals surface area contributed by atoms with Crippen molar-refractivity contribution in [3.63, 3.8) is 0 Å². The Hall–Kier alpha value is -0.200. The molecule has 178 valence electrons. The van der Waals surface area contributed by atoms with Crippen LogP contribution in [0.3, 0.4) is 0 Å². The molecule has 5 nitrogen and oxygen atoms in total. The van der Waals surface area contributed by atoms with Gasteiger partial charge in [-0.25, -0.2) is 0 Å². The van der Waals surface area contributed by atoms with Crippen molar-refractivity contribution in [2.24, 2.45) is 17.8 Å². The fourth-order valence-corrected chi connectivity index (χ4v) is 8.66. The highest BCUT2D eigenvalue weighted by molar-refractivity contribution is 5.29. The zero-order valence-corrected chi connectivity index (χ0v) is 19.8. The maximum absolute atomic E-state index is 12.9. The highest BCUT2D eigenvalue weighted by Crippen LogP contribution is 2.66. The number of hydrogen-bond donors (Lipinski definition) is 1. The lowest BCUT2D eigenvalue weighted by molar-refractivity contribution is -0.305. The monoisotopic (exact) mass is 436 g/mol. The molecule has 0 aromatic carbocycles. The Morgan fingerprint density at radius 3 is 1.71 bits per heavy atom. The van der Waals surface area contributed by atoms with E-state index in [1.807, 2.05) is 7.11 Å². The van der Waals surface area contributed by atoms with Gasteiger partial charge in [-0.2, -0.15) is 0 Å². The van der Waals surface area contributed by atoms with E-state index in [0.717, 1.165) is 51.6 Å². The number of hydrogen-bond acceptors (Lipinski definition) is 5. The summed E-state index contributed by atoms with van der Waals surface area (Å²) in [6.07, 6.45) is 16.7. The fraction of sp³-hybridized carbons (Fsp3) is 1.00. The molecule has 5 aliphatic rings. The van der Waals surface area contributed by atoms with Crippen molar-refractivity contribution in [1.29, 1.82) is 0 Å². The predicted octanol–water partition coefficient (Wildman–Crippen LogP) is 4.98. The van der Waals surface area contributed by atoms with E-state index in [-0.39, 0.29) is 17.9 Å². The molecule has 1 N–H and O–H groups in total. The van der Waals surface area contributed by atoms with Crippen molar-refractivity contribution >= 4 is 0 Å². The first-order chi connectivity index (χ1) is 15.1. The van der Waals surface area contributed by atoms with Crippen LogP contribution in [0.2, 0.25) is 0 Å². The molecule has 0 bridgehead atoms. The molecule has 0 aromatic heterocycles. The third kappa shape index (κ3) is 3.06. The van der Waals surface area contributed by atoms with Gasteiger partial charge in [0.2, 0.25) is 0 Å². The SMILES string of the molecule is COC1OC(C2CCCCC2)(C2CCO2)C(OC)(C2CCCCC2)C1(O)C1CCCC1. The van der Waals surface area contributed by atoms with Gasteiger partial charge in [0.25, 0.3) is 0 Å². The molecule has 2 aliphatic heterocycles.